The van der Waals surface area contributed by atoms with E-state index < -0.39 is 0 Å². The third kappa shape index (κ3) is 12.8. The molecule has 372 valence electrons. The Balaban J connectivity index is 0.887. The molecular formula is C50H68N10O9. The van der Waals surface area contributed by atoms with E-state index in [1.807, 2.05) is 18.7 Å². The van der Waals surface area contributed by atoms with Crippen LogP contribution in [0.5, 0.6) is 11.5 Å². The number of aromatic nitrogens is 4. The van der Waals surface area contributed by atoms with Gasteiger partial charge in [-0.05, 0) is 53.5 Å². The second-order valence-corrected chi connectivity index (χ2v) is 18.4. The number of amides is 2. The van der Waals surface area contributed by atoms with E-state index in [0.29, 0.717) is 129 Å². The van der Waals surface area contributed by atoms with Gasteiger partial charge in [-0.15, -0.1) is 0 Å². The Morgan fingerprint density at radius 2 is 1.52 bits per heavy atom. The van der Waals surface area contributed by atoms with Gasteiger partial charge in [-0.1, -0.05) is 32.0 Å². The average Bonchev–Trinajstić information content (AvgIpc) is 3.79. The maximum absolute atomic E-state index is 14.0. The number of hydrogen-bond acceptors (Lipinski definition) is 17. The van der Waals surface area contributed by atoms with Crippen LogP contribution in [0.4, 0.5) is 11.8 Å². The third-order valence-electron chi connectivity index (χ3n) is 13.4. The van der Waals surface area contributed by atoms with Gasteiger partial charge in [-0.25, -0.2) is 19.9 Å². The third-order valence-corrected chi connectivity index (χ3v) is 13.4. The second kappa shape index (κ2) is 23.9. The van der Waals surface area contributed by atoms with Crippen LogP contribution in [0.2, 0.25) is 0 Å². The lowest BCUT2D eigenvalue weighted by Gasteiger charge is -2.39. The van der Waals surface area contributed by atoms with Crippen molar-refractivity contribution in [3.05, 3.63) is 81.8 Å². The van der Waals surface area contributed by atoms with Crippen LogP contribution in [0.1, 0.15) is 76.5 Å². The molecule has 2 aromatic heterocycles. The number of aromatic hydroxyl groups is 2. The molecule has 19 nitrogen and oxygen atoms in total. The summed E-state index contributed by atoms with van der Waals surface area (Å²) in [6, 6.07) is 9.51. The quantitative estimate of drug-likeness (QED) is 0.102. The van der Waals surface area contributed by atoms with Crippen LogP contribution < -0.4 is 10.6 Å². The standard InChI is InChI=1S/C50H68N10O9/c1-34(2)41-25-42(45(62)26-44(41)61)49(64)60-30-36-5-4-35(24-37(36)31-60)29-59(14-17-67-20-21-69-23-22-68-19-18-65-3)39-6-10-57(11-7-39)46(63)33-56-9-8-40-43(32-56)54-47(38-27-52-50(51)53-28-38)55-48(40)58-12-15-66-16-13-58/h4-5,24-28,34,39,61-62H,6-23,29-33H2,1-3H3,(H2,51,52,53). The minimum atomic E-state index is -0.272. The SMILES string of the molecule is COCCOCCOCCOCCN(Cc1ccc2c(c1)CN(C(=O)c1cc(C(C)C)c(O)cc1O)C2)C1CCN(C(=O)CN2CCc3c(nc(-c4cnc(N)nc4)nc3N3CCOCC3)C2)CC1. The largest absolute Gasteiger partial charge is 0.508 e. The fourth-order valence-electron chi connectivity index (χ4n) is 9.57. The molecular weight excluding hydrogens is 885 g/mol. The Kier molecular flexibility index (Phi) is 17.2. The molecule has 2 fully saturated rings. The molecule has 4 aromatic rings. The second-order valence-electron chi connectivity index (χ2n) is 18.4. The molecule has 0 radical (unpaired) electrons. The topological polar surface area (TPSA) is 215 Å². The fourth-order valence-corrected chi connectivity index (χ4v) is 9.57. The summed E-state index contributed by atoms with van der Waals surface area (Å²) < 4.78 is 27.9. The van der Waals surface area contributed by atoms with Gasteiger partial charge in [-0.3, -0.25) is 19.4 Å². The molecule has 4 aliphatic heterocycles. The number of methoxy groups -OCH3 is 1. The molecule has 0 aliphatic carbocycles. The lowest BCUT2D eigenvalue weighted by molar-refractivity contribution is -0.134. The molecule has 0 bridgehead atoms. The number of benzene rings is 2. The number of anilines is 2. The highest BCUT2D eigenvalue weighted by atomic mass is 16.6. The van der Waals surface area contributed by atoms with Crippen molar-refractivity contribution in [1.82, 2.24) is 39.5 Å². The summed E-state index contributed by atoms with van der Waals surface area (Å²) in [4.78, 5) is 56.8. The fraction of sp³-hybridized carbons (Fsp3) is 0.560. The van der Waals surface area contributed by atoms with Crippen molar-refractivity contribution in [2.24, 2.45) is 0 Å². The average molecular weight is 953 g/mol. The number of ether oxygens (including phenoxy) is 5. The molecule has 0 saturated carbocycles. The minimum Gasteiger partial charge on any atom is -0.508 e. The Morgan fingerprint density at radius 1 is 0.826 bits per heavy atom. The normalized spacial score (nSPS) is 16.7. The van der Waals surface area contributed by atoms with Crippen molar-refractivity contribution in [3.63, 3.8) is 0 Å². The molecule has 2 saturated heterocycles. The predicted octanol–water partition coefficient (Wildman–Crippen LogP) is 3.59. The number of carbonyl (C=O) groups excluding carboxylic acids is 2. The zero-order chi connectivity index (χ0) is 48.3. The Labute approximate surface area is 404 Å². The molecule has 0 spiro atoms. The van der Waals surface area contributed by atoms with Gasteiger partial charge < -0.3 is 54.3 Å². The minimum absolute atomic E-state index is 0.0149. The first kappa shape index (κ1) is 49.9. The van der Waals surface area contributed by atoms with Crippen LogP contribution in [0, 0.1) is 0 Å². The molecule has 6 heterocycles. The van der Waals surface area contributed by atoms with Gasteiger partial charge in [0.2, 0.25) is 11.9 Å². The number of fused-ring (bicyclic) bond motifs is 2. The number of piperidine rings is 1. The number of phenols is 2. The lowest BCUT2D eigenvalue weighted by Crippen LogP contribution is -2.50. The molecule has 4 N–H and O–H groups in total. The van der Waals surface area contributed by atoms with E-state index in [1.54, 1.807) is 30.5 Å². The van der Waals surface area contributed by atoms with E-state index in [2.05, 4.69) is 42.9 Å². The van der Waals surface area contributed by atoms with Crippen molar-refractivity contribution in [1.29, 1.82) is 0 Å². The zero-order valence-corrected chi connectivity index (χ0v) is 40.3. The highest BCUT2D eigenvalue weighted by Gasteiger charge is 2.32. The number of phenolic OH excluding ortho intramolecular Hbond substituents is 2. The van der Waals surface area contributed by atoms with Crippen molar-refractivity contribution in [3.8, 4) is 22.9 Å². The maximum Gasteiger partial charge on any atom is 0.258 e. The molecule has 2 aromatic carbocycles. The molecule has 0 atom stereocenters. The van der Waals surface area contributed by atoms with Gasteiger partial charge in [0.05, 0.1) is 82.8 Å². The zero-order valence-electron chi connectivity index (χ0n) is 40.3. The Morgan fingerprint density at radius 3 is 2.23 bits per heavy atom. The van der Waals surface area contributed by atoms with Gasteiger partial charge in [0, 0.05) is 103 Å². The van der Waals surface area contributed by atoms with Crippen LogP contribution in [-0.4, -0.2) is 180 Å². The number of hydrogen-bond donors (Lipinski definition) is 3. The van der Waals surface area contributed by atoms with Crippen LogP contribution >= 0.6 is 0 Å². The number of nitrogens with two attached hydrogens (primary N) is 1. The van der Waals surface area contributed by atoms with Crippen LogP contribution in [0.25, 0.3) is 11.4 Å². The molecule has 0 unspecified atom stereocenters. The maximum atomic E-state index is 14.0. The first-order valence-corrected chi connectivity index (χ1v) is 24.3. The number of likely N-dealkylation sites (tertiary alicyclic amines) is 1. The van der Waals surface area contributed by atoms with Crippen LogP contribution in [0.3, 0.4) is 0 Å². The van der Waals surface area contributed by atoms with Gasteiger partial charge >= 0.3 is 0 Å². The first-order chi connectivity index (χ1) is 33.5. The van der Waals surface area contributed by atoms with Crippen molar-refractivity contribution < 1.29 is 43.5 Å². The van der Waals surface area contributed by atoms with Crippen molar-refractivity contribution >= 4 is 23.6 Å². The molecule has 8 rings (SSSR count). The van der Waals surface area contributed by atoms with E-state index in [9.17, 15) is 19.8 Å². The summed E-state index contributed by atoms with van der Waals surface area (Å²) >= 11 is 0. The van der Waals surface area contributed by atoms with Gasteiger partial charge in [0.25, 0.3) is 5.91 Å². The predicted molar refractivity (Wildman–Crippen MR) is 258 cm³/mol. The summed E-state index contributed by atoms with van der Waals surface area (Å²) in [7, 11) is 1.65. The monoisotopic (exact) mass is 953 g/mol. The number of morpholine rings is 1. The molecule has 2 amide bonds. The smallest absolute Gasteiger partial charge is 0.258 e. The molecule has 4 aliphatic rings. The van der Waals surface area contributed by atoms with Crippen molar-refractivity contribution in [2.75, 3.05) is 123 Å². The summed E-state index contributed by atoms with van der Waals surface area (Å²) in [5, 5.41) is 21.0. The van der Waals surface area contributed by atoms with E-state index in [4.69, 9.17) is 39.4 Å². The van der Waals surface area contributed by atoms with Crippen LogP contribution in [-0.2, 0) is 61.1 Å². The summed E-state index contributed by atoms with van der Waals surface area (Å²) in [6.45, 7) is 15.3. The summed E-state index contributed by atoms with van der Waals surface area (Å²) in [5.74, 6) is 1.22. The van der Waals surface area contributed by atoms with Gasteiger partial charge in [0.15, 0.2) is 5.82 Å². The Bertz CT molecular complexity index is 2360. The number of nitrogens with zero attached hydrogens (tertiary/aromatic N) is 9. The van der Waals surface area contributed by atoms with Crippen molar-refractivity contribution in [2.45, 2.75) is 71.2 Å². The highest BCUT2D eigenvalue weighted by Crippen LogP contribution is 2.35. The summed E-state index contributed by atoms with van der Waals surface area (Å²) in [5.41, 5.74) is 12.6. The van der Waals surface area contributed by atoms with Gasteiger partial charge in [0.1, 0.15) is 17.3 Å². The van der Waals surface area contributed by atoms with E-state index >= 15 is 0 Å². The molecule has 19 heteroatoms. The van der Waals surface area contributed by atoms with Gasteiger partial charge in [-0.2, -0.15) is 0 Å². The number of carbonyl (C=O) groups is 2. The van der Waals surface area contributed by atoms with E-state index in [-0.39, 0.29) is 46.8 Å². The number of rotatable bonds is 21. The van der Waals surface area contributed by atoms with E-state index in [0.717, 1.165) is 72.7 Å². The van der Waals surface area contributed by atoms with Crippen LogP contribution in [0.15, 0.2) is 42.7 Å². The number of nitrogen functional groups attached to an aromatic ring is 1. The lowest BCUT2D eigenvalue weighted by atomic mass is 9.98. The van der Waals surface area contributed by atoms with E-state index in [1.165, 1.54) is 6.07 Å². The molecule has 69 heavy (non-hydrogen) atoms. The Hall–Kier alpha value is -5.54. The first-order valence-electron chi connectivity index (χ1n) is 24.3. The summed E-state index contributed by atoms with van der Waals surface area (Å²) in [6.07, 6.45) is 5.68. The highest BCUT2D eigenvalue weighted by molar-refractivity contribution is 5.97.